The van der Waals surface area contributed by atoms with Gasteiger partial charge >= 0.3 is 0 Å². The quantitative estimate of drug-likeness (QED) is 0.896. The Balaban J connectivity index is 1.94. The number of likely N-dealkylation sites (tertiary alicyclic amines) is 1. The van der Waals surface area contributed by atoms with Gasteiger partial charge in [-0.2, -0.15) is 0 Å². The third-order valence-corrected chi connectivity index (χ3v) is 4.14. The van der Waals surface area contributed by atoms with Crippen LogP contribution in [0.5, 0.6) is 0 Å². The van der Waals surface area contributed by atoms with Crippen molar-refractivity contribution in [3.05, 3.63) is 58.7 Å². The number of benzene rings is 1. The van der Waals surface area contributed by atoms with Crippen molar-refractivity contribution in [2.24, 2.45) is 0 Å². The first-order valence-electron chi connectivity index (χ1n) is 7.36. The molecular weight excluding hydrogens is 283 g/mol. The van der Waals surface area contributed by atoms with E-state index >= 15 is 0 Å². The maximum absolute atomic E-state index is 13.5. The molecule has 0 spiro atoms. The maximum atomic E-state index is 13.5. The second-order valence-electron chi connectivity index (χ2n) is 5.93. The molecule has 1 fully saturated rings. The lowest BCUT2D eigenvalue weighted by molar-refractivity contribution is 0.0709. The lowest BCUT2D eigenvalue weighted by Gasteiger charge is -2.24. The van der Waals surface area contributed by atoms with Gasteiger partial charge in [-0.25, -0.2) is 4.39 Å². The van der Waals surface area contributed by atoms with Crippen LogP contribution in [0.3, 0.4) is 0 Å². The fourth-order valence-corrected chi connectivity index (χ4v) is 3.16. The van der Waals surface area contributed by atoms with Crippen LogP contribution in [-0.4, -0.2) is 33.5 Å². The number of amides is 1. The van der Waals surface area contributed by atoms with E-state index in [-0.39, 0.29) is 24.3 Å². The highest BCUT2D eigenvalue weighted by Gasteiger charge is 2.36. The summed E-state index contributed by atoms with van der Waals surface area (Å²) in [6.07, 6.45) is -0.165. The predicted octanol–water partition coefficient (Wildman–Crippen LogP) is 2.72. The zero-order chi connectivity index (χ0) is 15.9. The molecule has 5 heteroatoms. The molecule has 0 radical (unpaired) electrons. The number of rotatable bonds is 2. The van der Waals surface area contributed by atoms with Crippen molar-refractivity contribution in [3.8, 4) is 0 Å². The van der Waals surface area contributed by atoms with Crippen LogP contribution < -0.4 is 0 Å². The predicted molar refractivity (Wildman–Crippen MR) is 81.1 cm³/mol. The van der Waals surface area contributed by atoms with E-state index in [4.69, 9.17) is 0 Å². The molecule has 1 amide bonds. The SMILES string of the molecule is Cc1cc(C)c(C(=O)N2C[C@H](O)C[C@@H]2c2cccc(F)c2)[nH]1. The lowest BCUT2D eigenvalue weighted by Crippen LogP contribution is -2.32. The number of carbonyl (C=O) groups excluding carboxylic acids is 1. The Hall–Kier alpha value is -2.14. The minimum Gasteiger partial charge on any atom is -0.391 e. The number of nitrogens with one attached hydrogen (secondary N) is 1. The van der Waals surface area contributed by atoms with Crippen LogP contribution in [0.4, 0.5) is 4.39 Å². The molecule has 1 aliphatic rings. The van der Waals surface area contributed by atoms with Crippen LogP contribution in [0.2, 0.25) is 0 Å². The zero-order valence-electron chi connectivity index (χ0n) is 12.6. The van der Waals surface area contributed by atoms with Gasteiger partial charge in [0, 0.05) is 12.2 Å². The molecule has 0 unspecified atom stereocenters. The van der Waals surface area contributed by atoms with Gasteiger partial charge in [-0.15, -0.1) is 0 Å². The van der Waals surface area contributed by atoms with E-state index in [2.05, 4.69) is 4.98 Å². The normalized spacial score (nSPS) is 21.4. The summed E-state index contributed by atoms with van der Waals surface area (Å²) < 4.78 is 13.5. The minimum atomic E-state index is -0.589. The van der Waals surface area contributed by atoms with Crippen LogP contribution in [0.1, 0.15) is 39.8 Å². The summed E-state index contributed by atoms with van der Waals surface area (Å²) in [6, 6.07) is 7.83. The number of hydrogen-bond acceptors (Lipinski definition) is 2. The fraction of sp³-hybridized carbons (Fsp3) is 0.353. The fourth-order valence-electron chi connectivity index (χ4n) is 3.16. The first-order chi connectivity index (χ1) is 10.5. The molecule has 2 atom stereocenters. The largest absolute Gasteiger partial charge is 0.391 e. The number of aromatic nitrogens is 1. The highest BCUT2D eigenvalue weighted by Crippen LogP contribution is 2.34. The van der Waals surface area contributed by atoms with E-state index in [1.807, 2.05) is 19.9 Å². The van der Waals surface area contributed by atoms with Gasteiger partial charge in [-0.05, 0) is 49.6 Å². The molecule has 2 aromatic rings. The summed E-state index contributed by atoms with van der Waals surface area (Å²) in [7, 11) is 0. The summed E-state index contributed by atoms with van der Waals surface area (Å²) in [5.41, 5.74) is 3.05. The number of aryl methyl sites for hydroxylation is 2. The van der Waals surface area contributed by atoms with Gasteiger partial charge in [-0.1, -0.05) is 12.1 Å². The average molecular weight is 302 g/mol. The molecule has 0 saturated carbocycles. The Morgan fingerprint density at radius 1 is 1.36 bits per heavy atom. The van der Waals surface area contributed by atoms with Crippen molar-refractivity contribution >= 4 is 5.91 Å². The molecule has 2 N–H and O–H groups in total. The number of aliphatic hydroxyl groups is 1. The van der Waals surface area contributed by atoms with Crippen LogP contribution in [0, 0.1) is 19.7 Å². The number of H-pyrrole nitrogens is 1. The zero-order valence-corrected chi connectivity index (χ0v) is 12.6. The standard InChI is InChI=1S/C17H19FN2O2/c1-10-6-11(2)19-16(10)17(22)20-9-14(21)8-15(20)12-4-3-5-13(18)7-12/h3-7,14-15,19,21H,8-9H2,1-2H3/t14-,15-/m1/s1. The van der Waals surface area contributed by atoms with E-state index in [0.717, 1.165) is 11.3 Å². The van der Waals surface area contributed by atoms with Crippen molar-refractivity contribution in [1.82, 2.24) is 9.88 Å². The average Bonchev–Trinajstić information content (AvgIpc) is 3.01. The Labute approximate surface area is 128 Å². The highest BCUT2D eigenvalue weighted by molar-refractivity contribution is 5.94. The number of halogens is 1. The maximum Gasteiger partial charge on any atom is 0.271 e. The number of carbonyl (C=O) groups is 1. The van der Waals surface area contributed by atoms with E-state index in [1.54, 1.807) is 17.0 Å². The molecule has 2 heterocycles. The number of hydrogen-bond donors (Lipinski definition) is 2. The van der Waals surface area contributed by atoms with Crippen LogP contribution in [-0.2, 0) is 0 Å². The van der Waals surface area contributed by atoms with Crippen molar-refractivity contribution in [3.63, 3.8) is 0 Å². The molecule has 1 aromatic carbocycles. The first-order valence-corrected chi connectivity index (χ1v) is 7.36. The molecule has 4 nitrogen and oxygen atoms in total. The molecule has 1 aromatic heterocycles. The Kier molecular flexibility index (Phi) is 3.74. The second kappa shape index (κ2) is 5.57. The number of aliphatic hydroxyl groups excluding tert-OH is 1. The van der Waals surface area contributed by atoms with Gasteiger partial charge in [0.15, 0.2) is 0 Å². The van der Waals surface area contributed by atoms with Gasteiger partial charge in [0.1, 0.15) is 11.5 Å². The third kappa shape index (κ3) is 2.64. The third-order valence-electron chi connectivity index (χ3n) is 4.14. The Morgan fingerprint density at radius 2 is 2.14 bits per heavy atom. The first kappa shape index (κ1) is 14.8. The van der Waals surface area contributed by atoms with Gasteiger partial charge in [0.2, 0.25) is 0 Å². The molecule has 0 bridgehead atoms. The summed E-state index contributed by atoms with van der Waals surface area (Å²) in [5.74, 6) is -0.491. The van der Waals surface area contributed by atoms with Crippen molar-refractivity contribution < 1.29 is 14.3 Å². The van der Waals surface area contributed by atoms with E-state index in [9.17, 15) is 14.3 Å². The van der Waals surface area contributed by atoms with Gasteiger partial charge in [-0.3, -0.25) is 4.79 Å². The molecule has 0 aliphatic carbocycles. The van der Waals surface area contributed by atoms with Gasteiger partial charge < -0.3 is 15.0 Å². The topological polar surface area (TPSA) is 56.3 Å². The van der Waals surface area contributed by atoms with Crippen molar-refractivity contribution in [2.75, 3.05) is 6.54 Å². The highest BCUT2D eigenvalue weighted by atomic mass is 19.1. The van der Waals surface area contributed by atoms with Crippen LogP contribution in [0.25, 0.3) is 0 Å². The number of nitrogens with zero attached hydrogens (tertiary/aromatic N) is 1. The summed E-state index contributed by atoms with van der Waals surface area (Å²) >= 11 is 0. The molecule has 116 valence electrons. The van der Waals surface area contributed by atoms with Crippen LogP contribution >= 0.6 is 0 Å². The Morgan fingerprint density at radius 3 is 2.77 bits per heavy atom. The summed E-state index contributed by atoms with van der Waals surface area (Å²) in [5, 5.41) is 9.97. The minimum absolute atomic E-state index is 0.156. The van der Waals surface area contributed by atoms with Crippen LogP contribution in [0.15, 0.2) is 30.3 Å². The lowest BCUT2D eigenvalue weighted by atomic mass is 10.0. The molecule has 1 saturated heterocycles. The van der Waals surface area contributed by atoms with E-state index in [1.165, 1.54) is 12.1 Å². The Bertz CT molecular complexity index is 710. The smallest absolute Gasteiger partial charge is 0.271 e. The molecule has 1 aliphatic heterocycles. The van der Waals surface area contributed by atoms with E-state index in [0.29, 0.717) is 17.7 Å². The summed E-state index contributed by atoms with van der Waals surface area (Å²) in [4.78, 5) is 17.5. The van der Waals surface area contributed by atoms with E-state index < -0.39 is 6.10 Å². The van der Waals surface area contributed by atoms with Crippen molar-refractivity contribution in [2.45, 2.75) is 32.4 Å². The number of β-amino-alcohol motifs (C(OH)–C–C–N with tert-alkyl or cyclic N) is 1. The monoisotopic (exact) mass is 302 g/mol. The van der Waals surface area contributed by atoms with Gasteiger partial charge in [0.05, 0.1) is 12.1 Å². The summed E-state index contributed by atoms with van der Waals surface area (Å²) in [6.45, 7) is 4.03. The molecular formula is C17H19FN2O2. The van der Waals surface area contributed by atoms with Gasteiger partial charge in [0.25, 0.3) is 5.91 Å². The molecule has 3 rings (SSSR count). The number of aromatic amines is 1. The van der Waals surface area contributed by atoms with Crippen molar-refractivity contribution in [1.29, 1.82) is 0 Å². The molecule has 22 heavy (non-hydrogen) atoms. The second-order valence-corrected chi connectivity index (χ2v) is 5.93.